The van der Waals surface area contributed by atoms with Crippen molar-refractivity contribution in [2.75, 3.05) is 23.7 Å². The number of anilines is 1. The molecule has 4 rings (SSSR count). The monoisotopic (exact) mass is 568 g/mol. The molecule has 4 aromatic rings. The van der Waals surface area contributed by atoms with Crippen molar-refractivity contribution >= 4 is 62.1 Å². The van der Waals surface area contributed by atoms with Crippen LogP contribution in [0.4, 0.5) is 5.69 Å². The van der Waals surface area contributed by atoms with Crippen molar-refractivity contribution in [1.29, 1.82) is 0 Å². The molecule has 196 valence electrons. The maximum Gasteiger partial charge on any atom is 0.264 e. The van der Waals surface area contributed by atoms with Crippen LogP contribution in [0.25, 0.3) is 10.9 Å². The Hall–Kier alpha value is -3.60. The van der Waals surface area contributed by atoms with Crippen LogP contribution in [0.15, 0.2) is 93.8 Å². The summed E-state index contributed by atoms with van der Waals surface area (Å²) >= 11 is 7.76. The van der Waals surface area contributed by atoms with E-state index in [1.54, 1.807) is 42.5 Å². The van der Waals surface area contributed by atoms with E-state index in [1.165, 1.54) is 30.1 Å². The molecule has 0 aliphatic rings. The first-order valence-electron chi connectivity index (χ1n) is 11.6. The summed E-state index contributed by atoms with van der Waals surface area (Å²) in [6.45, 7) is 1.83. The molecule has 0 spiro atoms. The Morgan fingerprint density at radius 2 is 1.82 bits per heavy atom. The molecule has 11 heteroatoms. The molecule has 0 aliphatic heterocycles. The number of carbonyl (C=O) groups is 1. The van der Waals surface area contributed by atoms with Crippen LogP contribution in [0.2, 0.25) is 5.15 Å². The molecule has 1 N–H and O–H groups in total. The third kappa shape index (κ3) is 6.45. The molecule has 0 saturated heterocycles. The van der Waals surface area contributed by atoms with E-state index >= 15 is 0 Å². The van der Waals surface area contributed by atoms with Gasteiger partial charge >= 0.3 is 0 Å². The smallest absolute Gasteiger partial charge is 0.264 e. The average molecular weight is 569 g/mol. The van der Waals surface area contributed by atoms with Crippen LogP contribution in [-0.4, -0.2) is 44.9 Å². The lowest BCUT2D eigenvalue weighted by molar-refractivity contribution is -0.119. The molecule has 38 heavy (non-hydrogen) atoms. The number of hydrogen-bond donors (Lipinski definition) is 1. The van der Waals surface area contributed by atoms with E-state index in [9.17, 15) is 13.2 Å². The Labute approximate surface area is 230 Å². The molecule has 0 radical (unpaired) electrons. The molecule has 1 aromatic heterocycles. The maximum absolute atomic E-state index is 13.6. The molecule has 1 amide bonds. The fourth-order valence-electron chi connectivity index (χ4n) is 3.60. The molecule has 1 heterocycles. The van der Waals surface area contributed by atoms with Gasteiger partial charge in [-0.1, -0.05) is 29.8 Å². The van der Waals surface area contributed by atoms with E-state index in [1.807, 2.05) is 37.4 Å². The highest BCUT2D eigenvalue weighted by Gasteiger charge is 2.27. The molecule has 3 aromatic carbocycles. The number of amides is 1. The van der Waals surface area contributed by atoms with Gasteiger partial charge in [0.25, 0.3) is 15.9 Å². The van der Waals surface area contributed by atoms with E-state index < -0.39 is 22.5 Å². The Balaban J connectivity index is 1.57. The highest BCUT2D eigenvalue weighted by atomic mass is 35.5. The fraction of sp³-hybridized carbons (Fsp3) is 0.148. The van der Waals surface area contributed by atoms with Gasteiger partial charge in [-0.25, -0.2) is 18.8 Å². The third-order valence-corrected chi connectivity index (χ3v) is 8.30. The summed E-state index contributed by atoms with van der Waals surface area (Å²) in [6, 6.07) is 22.3. The number of fused-ring (bicyclic) bond motifs is 1. The number of sulfonamides is 1. The second-order valence-corrected chi connectivity index (χ2v) is 11.1. The summed E-state index contributed by atoms with van der Waals surface area (Å²) < 4.78 is 33.7. The second kappa shape index (κ2) is 12.3. The van der Waals surface area contributed by atoms with Crippen molar-refractivity contribution in [3.8, 4) is 5.75 Å². The van der Waals surface area contributed by atoms with Crippen LogP contribution in [0, 0.1) is 0 Å². The quantitative estimate of drug-likeness (QED) is 0.120. The van der Waals surface area contributed by atoms with Gasteiger partial charge in [0.05, 0.1) is 28.9 Å². The zero-order valence-electron chi connectivity index (χ0n) is 20.7. The topological polar surface area (TPSA) is 101 Å². The maximum atomic E-state index is 13.6. The van der Waals surface area contributed by atoms with Gasteiger partial charge in [-0.2, -0.15) is 5.10 Å². The minimum atomic E-state index is -4.07. The highest BCUT2D eigenvalue weighted by Crippen LogP contribution is 2.27. The number of pyridine rings is 1. The average Bonchev–Trinajstić information content (AvgIpc) is 2.92. The van der Waals surface area contributed by atoms with Gasteiger partial charge in [0.1, 0.15) is 17.4 Å². The summed E-state index contributed by atoms with van der Waals surface area (Å²) in [5, 5.41) is 5.07. The van der Waals surface area contributed by atoms with Gasteiger partial charge in [-0.15, -0.1) is 11.8 Å². The number of nitrogens with one attached hydrogen (secondary N) is 1. The fourth-order valence-corrected chi connectivity index (χ4v) is 5.63. The molecular weight excluding hydrogens is 544 g/mol. The Bertz CT molecular complexity index is 1560. The number of thioether (sulfide) groups is 1. The van der Waals surface area contributed by atoms with E-state index in [4.69, 9.17) is 16.3 Å². The number of aromatic nitrogens is 1. The van der Waals surface area contributed by atoms with Crippen LogP contribution in [0.3, 0.4) is 0 Å². The van der Waals surface area contributed by atoms with Gasteiger partial charge in [0, 0.05) is 15.8 Å². The van der Waals surface area contributed by atoms with E-state index in [-0.39, 0.29) is 10.0 Å². The number of hydrazone groups is 1. The third-order valence-electron chi connectivity index (χ3n) is 5.47. The Morgan fingerprint density at radius 3 is 2.50 bits per heavy atom. The first kappa shape index (κ1) is 27.4. The summed E-state index contributed by atoms with van der Waals surface area (Å²) in [5.74, 6) is -0.0443. The van der Waals surface area contributed by atoms with E-state index in [0.29, 0.717) is 23.6 Å². The van der Waals surface area contributed by atoms with Crippen LogP contribution in [0.5, 0.6) is 5.75 Å². The molecule has 0 saturated carbocycles. The van der Waals surface area contributed by atoms with Crippen molar-refractivity contribution in [2.24, 2.45) is 5.10 Å². The van der Waals surface area contributed by atoms with Crippen molar-refractivity contribution in [1.82, 2.24) is 10.4 Å². The minimum Gasteiger partial charge on any atom is -0.494 e. The normalized spacial score (nSPS) is 11.6. The van der Waals surface area contributed by atoms with Gasteiger partial charge < -0.3 is 4.74 Å². The van der Waals surface area contributed by atoms with Gasteiger partial charge in [-0.3, -0.25) is 9.10 Å². The zero-order valence-corrected chi connectivity index (χ0v) is 23.1. The SMILES string of the molecule is CCOc1ccc(N(CC(=O)N/N=C\c2cc3ccccc3nc2Cl)S(=O)(=O)c2ccc(SC)cc2)cc1. The van der Waals surface area contributed by atoms with Gasteiger partial charge in [0.15, 0.2) is 0 Å². The number of benzene rings is 3. The number of para-hydroxylation sites is 1. The molecular formula is C27H25ClN4O4S2. The van der Waals surface area contributed by atoms with Gasteiger partial charge in [-0.05, 0) is 73.8 Å². The standard InChI is InChI=1S/C27H25ClN4O4S2/c1-3-36-22-10-8-21(9-11-22)32(38(34,35)24-14-12-23(37-2)13-15-24)18-26(33)31-29-17-20-16-19-6-4-5-7-25(19)30-27(20)28/h4-17H,3,18H2,1-2H3,(H,31,33)/b29-17-. The first-order chi connectivity index (χ1) is 18.3. The van der Waals surface area contributed by atoms with Crippen molar-refractivity contribution < 1.29 is 17.9 Å². The van der Waals surface area contributed by atoms with Crippen molar-refractivity contribution in [3.63, 3.8) is 0 Å². The lowest BCUT2D eigenvalue weighted by Crippen LogP contribution is -2.39. The van der Waals surface area contributed by atoms with Crippen LogP contribution >= 0.6 is 23.4 Å². The number of nitrogens with zero attached hydrogens (tertiary/aromatic N) is 3. The van der Waals surface area contributed by atoms with E-state index in [2.05, 4.69) is 15.5 Å². The highest BCUT2D eigenvalue weighted by molar-refractivity contribution is 7.98. The zero-order chi connectivity index (χ0) is 27.1. The predicted octanol–water partition coefficient (Wildman–Crippen LogP) is 5.35. The molecule has 0 aliphatic carbocycles. The number of ether oxygens (including phenoxy) is 1. The molecule has 0 unspecified atom stereocenters. The molecule has 0 atom stereocenters. The largest absolute Gasteiger partial charge is 0.494 e. The molecule has 0 fully saturated rings. The Kier molecular flexibility index (Phi) is 8.88. The van der Waals surface area contributed by atoms with Gasteiger partial charge in [0.2, 0.25) is 0 Å². The molecule has 0 bridgehead atoms. The van der Waals surface area contributed by atoms with E-state index in [0.717, 1.165) is 20.1 Å². The summed E-state index contributed by atoms with van der Waals surface area (Å²) in [6.07, 6.45) is 3.28. The first-order valence-corrected chi connectivity index (χ1v) is 14.6. The predicted molar refractivity (Wildman–Crippen MR) is 153 cm³/mol. The summed E-state index contributed by atoms with van der Waals surface area (Å²) in [4.78, 5) is 18.2. The summed E-state index contributed by atoms with van der Waals surface area (Å²) in [7, 11) is -4.07. The second-order valence-electron chi connectivity index (χ2n) is 7.97. The molecule has 8 nitrogen and oxygen atoms in total. The van der Waals surface area contributed by atoms with Crippen molar-refractivity contribution in [2.45, 2.75) is 16.7 Å². The summed E-state index contributed by atoms with van der Waals surface area (Å²) in [5.41, 5.74) is 3.95. The number of rotatable bonds is 10. The van der Waals surface area contributed by atoms with Crippen LogP contribution in [-0.2, 0) is 14.8 Å². The minimum absolute atomic E-state index is 0.0644. The number of halogens is 1. The van der Waals surface area contributed by atoms with Crippen molar-refractivity contribution in [3.05, 3.63) is 89.6 Å². The number of hydrogen-bond acceptors (Lipinski definition) is 7. The van der Waals surface area contributed by atoms with Crippen LogP contribution in [0.1, 0.15) is 12.5 Å². The lowest BCUT2D eigenvalue weighted by Gasteiger charge is -2.24. The Morgan fingerprint density at radius 1 is 1.11 bits per heavy atom. The lowest BCUT2D eigenvalue weighted by atomic mass is 10.2. The van der Waals surface area contributed by atoms with Crippen LogP contribution < -0.4 is 14.5 Å². The number of carbonyl (C=O) groups excluding carboxylic acids is 1.